The highest BCUT2D eigenvalue weighted by Gasteiger charge is 2.29. The average molecular weight is 493 g/mol. The summed E-state index contributed by atoms with van der Waals surface area (Å²) in [6.07, 6.45) is 6.11. The number of likely N-dealkylation sites (tertiary alicyclic amines) is 1. The predicted molar refractivity (Wildman–Crippen MR) is 128 cm³/mol. The van der Waals surface area contributed by atoms with E-state index in [-0.39, 0.29) is 23.3 Å². The van der Waals surface area contributed by atoms with Crippen LogP contribution in [0.2, 0.25) is 0 Å². The Balaban J connectivity index is 1.53. The Morgan fingerprint density at radius 1 is 1.22 bits per heavy atom. The standard InChI is InChI=1S/C25H26F2N8O/c1-15-10-19(7-9-33(15)13-28)35-16(2)23(31-32-35)18-11-21-24(34(14-30-21)25(26)27)22(12-18)36-17(3)20-6-4-5-8-29-20/h4-6,8,11-12,14-15,17,19,25H,7,9-10H2,1-3H3/t15-,17-,19-/m1/s1. The minimum absolute atomic E-state index is 0.114. The van der Waals surface area contributed by atoms with Gasteiger partial charge in [-0.25, -0.2) is 9.67 Å². The molecule has 3 aromatic heterocycles. The van der Waals surface area contributed by atoms with Gasteiger partial charge in [-0.1, -0.05) is 11.3 Å². The molecular formula is C25H26F2N8O. The Hall–Kier alpha value is -4.07. The summed E-state index contributed by atoms with van der Waals surface area (Å²) in [5.41, 5.74) is 3.43. The summed E-state index contributed by atoms with van der Waals surface area (Å²) in [4.78, 5) is 10.3. The molecule has 0 aliphatic carbocycles. The maximum absolute atomic E-state index is 13.8. The van der Waals surface area contributed by atoms with Gasteiger partial charge in [0.25, 0.3) is 0 Å². The van der Waals surface area contributed by atoms with Crippen LogP contribution in [0.1, 0.15) is 56.8 Å². The first kappa shape index (κ1) is 23.7. The maximum Gasteiger partial charge on any atom is 0.320 e. The number of rotatable bonds is 6. The maximum atomic E-state index is 13.8. The van der Waals surface area contributed by atoms with Gasteiger partial charge in [-0.15, -0.1) is 5.10 Å². The lowest BCUT2D eigenvalue weighted by molar-refractivity contribution is 0.0737. The van der Waals surface area contributed by atoms with Crippen LogP contribution in [0, 0.1) is 18.4 Å². The Bertz CT molecular complexity index is 1410. The van der Waals surface area contributed by atoms with Crippen molar-refractivity contribution in [3.05, 3.63) is 54.2 Å². The molecule has 5 rings (SSSR count). The van der Waals surface area contributed by atoms with Crippen LogP contribution in [0.15, 0.2) is 42.9 Å². The number of hydrogen-bond acceptors (Lipinski definition) is 7. The molecule has 186 valence electrons. The zero-order chi connectivity index (χ0) is 25.4. The molecule has 4 heterocycles. The Morgan fingerprint density at radius 3 is 2.75 bits per heavy atom. The van der Waals surface area contributed by atoms with Crippen molar-refractivity contribution in [1.29, 1.82) is 5.26 Å². The molecule has 36 heavy (non-hydrogen) atoms. The third kappa shape index (κ3) is 4.23. The Morgan fingerprint density at radius 2 is 2.06 bits per heavy atom. The second kappa shape index (κ2) is 9.53. The van der Waals surface area contributed by atoms with E-state index in [4.69, 9.17) is 4.74 Å². The van der Waals surface area contributed by atoms with Gasteiger partial charge in [0.2, 0.25) is 0 Å². The third-order valence-corrected chi connectivity index (χ3v) is 6.78. The number of aromatic nitrogens is 6. The number of fused-ring (bicyclic) bond motifs is 1. The van der Waals surface area contributed by atoms with E-state index in [0.717, 1.165) is 29.4 Å². The second-order valence-corrected chi connectivity index (χ2v) is 9.07. The summed E-state index contributed by atoms with van der Waals surface area (Å²) in [7, 11) is 0. The minimum Gasteiger partial charge on any atom is -0.482 e. The number of halogens is 2. The summed E-state index contributed by atoms with van der Waals surface area (Å²) in [5, 5.41) is 18.1. The molecule has 0 spiro atoms. The SMILES string of the molecule is Cc1c(-c2cc(O[C@H](C)c3ccccn3)c3c(c2)ncn3C(F)F)nnn1[C@@H]1CCN(C#N)[C@H](C)C1. The van der Waals surface area contributed by atoms with Crippen LogP contribution in [0.3, 0.4) is 0 Å². The van der Waals surface area contributed by atoms with Gasteiger partial charge < -0.3 is 9.64 Å². The van der Waals surface area contributed by atoms with Gasteiger partial charge in [-0.05, 0) is 57.9 Å². The molecule has 0 amide bonds. The summed E-state index contributed by atoms with van der Waals surface area (Å²) < 4.78 is 36.4. The number of imidazole rings is 1. The zero-order valence-electron chi connectivity index (χ0n) is 20.2. The van der Waals surface area contributed by atoms with E-state index in [1.54, 1.807) is 29.3 Å². The van der Waals surface area contributed by atoms with Crippen molar-refractivity contribution in [3.8, 4) is 23.2 Å². The summed E-state index contributed by atoms with van der Waals surface area (Å²) in [5.74, 6) is 0.267. The first-order valence-corrected chi connectivity index (χ1v) is 11.8. The van der Waals surface area contributed by atoms with Crippen molar-refractivity contribution >= 4 is 11.0 Å². The van der Waals surface area contributed by atoms with E-state index in [9.17, 15) is 14.0 Å². The van der Waals surface area contributed by atoms with Crippen LogP contribution < -0.4 is 4.74 Å². The molecule has 4 aromatic rings. The van der Waals surface area contributed by atoms with Crippen LogP contribution in [-0.4, -0.2) is 47.0 Å². The fourth-order valence-corrected chi connectivity index (χ4v) is 4.85. The van der Waals surface area contributed by atoms with Crippen molar-refractivity contribution in [2.45, 2.75) is 58.3 Å². The molecule has 0 unspecified atom stereocenters. The van der Waals surface area contributed by atoms with Crippen LogP contribution in [0.4, 0.5) is 8.78 Å². The largest absolute Gasteiger partial charge is 0.482 e. The lowest BCUT2D eigenvalue weighted by atomic mass is 9.98. The van der Waals surface area contributed by atoms with Gasteiger partial charge >= 0.3 is 6.55 Å². The Labute approximate surface area is 206 Å². The topological polar surface area (TPSA) is 97.7 Å². The van der Waals surface area contributed by atoms with Crippen LogP contribution in [0.5, 0.6) is 5.75 Å². The second-order valence-electron chi connectivity index (χ2n) is 9.07. The van der Waals surface area contributed by atoms with Crippen molar-refractivity contribution < 1.29 is 13.5 Å². The fraction of sp³-hybridized carbons (Fsp3) is 0.400. The van der Waals surface area contributed by atoms with Crippen LogP contribution in [-0.2, 0) is 0 Å². The predicted octanol–water partition coefficient (Wildman–Crippen LogP) is 5.04. The van der Waals surface area contributed by atoms with E-state index in [1.807, 2.05) is 37.6 Å². The number of hydrogen-bond donors (Lipinski definition) is 0. The number of benzene rings is 1. The number of pyridine rings is 1. The average Bonchev–Trinajstić information content (AvgIpc) is 3.48. The molecule has 1 aliphatic heterocycles. The minimum atomic E-state index is -2.77. The van der Waals surface area contributed by atoms with Gasteiger partial charge in [0.15, 0.2) is 6.19 Å². The van der Waals surface area contributed by atoms with E-state index >= 15 is 0 Å². The van der Waals surface area contributed by atoms with E-state index in [0.29, 0.717) is 29.0 Å². The molecule has 0 bridgehead atoms. The molecule has 3 atom stereocenters. The quantitative estimate of drug-likeness (QED) is 0.348. The van der Waals surface area contributed by atoms with Crippen LogP contribution >= 0.6 is 0 Å². The molecule has 1 aliphatic rings. The molecule has 1 aromatic carbocycles. The monoisotopic (exact) mass is 492 g/mol. The molecule has 0 N–H and O–H groups in total. The van der Waals surface area contributed by atoms with E-state index in [2.05, 4.69) is 26.5 Å². The first-order valence-electron chi connectivity index (χ1n) is 11.8. The highest BCUT2D eigenvalue weighted by atomic mass is 19.3. The lowest BCUT2D eigenvalue weighted by Crippen LogP contribution is -2.38. The summed E-state index contributed by atoms with van der Waals surface area (Å²) in [6.45, 7) is 3.69. The molecule has 1 fully saturated rings. The molecule has 9 nitrogen and oxygen atoms in total. The highest BCUT2D eigenvalue weighted by molar-refractivity contribution is 5.87. The summed E-state index contributed by atoms with van der Waals surface area (Å²) >= 11 is 0. The first-order chi connectivity index (χ1) is 17.4. The number of piperidine rings is 1. The fourth-order valence-electron chi connectivity index (χ4n) is 4.85. The number of nitrogens with zero attached hydrogens (tertiary/aromatic N) is 8. The molecule has 1 saturated heterocycles. The molecule has 0 radical (unpaired) electrons. The lowest BCUT2D eigenvalue weighted by Gasteiger charge is -2.34. The number of alkyl halides is 2. The highest BCUT2D eigenvalue weighted by Crippen LogP contribution is 2.37. The van der Waals surface area contributed by atoms with Crippen LogP contribution in [0.25, 0.3) is 22.3 Å². The zero-order valence-corrected chi connectivity index (χ0v) is 20.2. The molecular weight excluding hydrogens is 466 g/mol. The molecule has 11 heteroatoms. The number of nitriles is 1. The normalized spacial score (nSPS) is 19.0. The van der Waals surface area contributed by atoms with Gasteiger partial charge in [0.1, 0.15) is 29.4 Å². The third-order valence-electron chi connectivity index (χ3n) is 6.78. The van der Waals surface area contributed by atoms with Gasteiger partial charge in [-0.2, -0.15) is 14.0 Å². The van der Waals surface area contributed by atoms with Crippen molar-refractivity contribution in [2.24, 2.45) is 0 Å². The summed E-state index contributed by atoms with van der Waals surface area (Å²) in [6, 6.07) is 9.15. The van der Waals surface area contributed by atoms with E-state index < -0.39 is 12.7 Å². The van der Waals surface area contributed by atoms with E-state index in [1.165, 1.54) is 0 Å². The van der Waals surface area contributed by atoms with Crippen molar-refractivity contribution in [3.63, 3.8) is 0 Å². The van der Waals surface area contributed by atoms with Gasteiger partial charge in [0.05, 0.1) is 22.9 Å². The van der Waals surface area contributed by atoms with Gasteiger partial charge in [0, 0.05) is 24.3 Å². The molecule has 0 saturated carbocycles. The van der Waals surface area contributed by atoms with Crippen molar-refractivity contribution in [1.82, 2.24) is 34.4 Å². The Kier molecular flexibility index (Phi) is 6.26. The smallest absolute Gasteiger partial charge is 0.320 e. The van der Waals surface area contributed by atoms with Crippen molar-refractivity contribution in [2.75, 3.05) is 6.54 Å². The number of ether oxygens (including phenoxy) is 1. The van der Waals surface area contributed by atoms with Gasteiger partial charge in [-0.3, -0.25) is 9.55 Å².